The van der Waals surface area contributed by atoms with Crippen LogP contribution in [0.5, 0.6) is 0 Å². The van der Waals surface area contributed by atoms with E-state index >= 15 is 0 Å². The largest absolute Gasteiger partial charge is 0.469 e. The number of phosphoric acid groups is 1. The highest BCUT2D eigenvalue weighted by atomic mass is 31.2. The molecule has 0 radical (unpaired) electrons. The lowest BCUT2D eigenvalue weighted by atomic mass is 9.88. The van der Waals surface area contributed by atoms with Gasteiger partial charge in [0.15, 0.2) is 6.10 Å². The average molecular weight is 819 g/mol. The Morgan fingerprint density at radius 3 is 1.91 bits per heavy atom. The fraction of sp³-hybridized carbons (Fsp3) is 0.622. The zero-order valence-corrected chi connectivity index (χ0v) is 35.3. The quantitative estimate of drug-likeness (QED) is 0.0215. The van der Waals surface area contributed by atoms with Crippen LogP contribution in [-0.2, 0) is 32.9 Å². The molecule has 0 unspecified atom stereocenters. The summed E-state index contributed by atoms with van der Waals surface area (Å²) < 4.78 is 26.3. The van der Waals surface area contributed by atoms with Gasteiger partial charge in [-0.05, 0) is 70.1 Å². The predicted molar refractivity (Wildman–Crippen MR) is 226 cm³/mol. The zero-order chi connectivity index (χ0) is 42.0. The van der Waals surface area contributed by atoms with Crippen LogP contribution in [0.25, 0.3) is 0 Å². The van der Waals surface area contributed by atoms with E-state index in [1.807, 2.05) is 12.2 Å². The van der Waals surface area contributed by atoms with Crippen LogP contribution in [-0.4, -0.2) is 69.2 Å². The van der Waals surface area contributed by atoms with E-state index in [9.17, 15) is 29.2 Å². The summed E-state index contributed by atoms with van der Waals surface area (Å²) in [4.78, 5) is 55.5. The monoisotopic (exact) mass is 818 g/mol. The van der Waals surface area contributed by atoms with Crippen molar-refractivity contribution in [3.8, 4) is 0 Å². The maximum absolute atomic E-state index is 12.5. The number of carbonyl (C=O) groups is 3. The lowest BCUT2D eigenvalue weighted by Gasteiger charge is -2.19. The average Bonchev–Trinajstić information content (AvgIpc) is 3.44. The first-order chi connectivity index (χ1) is 27.5. The van der Waals surface area contributed by atoms with Crippen molar-refractivity contribution in [3.63, 3.8) is 0 Å². The molecular weight excluding hydrogens is 747 g/mol. The Bertz CT molecular complexity index is 1360. The molecule has 322 valence electrons. The Balaban J connectivity index is 2.32. The SMILES string of the molecule is CC/C=C\C/C=C\C/C=C\C/C=C\C/C=C\C/C=C\CCC(=O)OC[C@H](COP(=O)(O)O)OC(=O)CCCCCC[C@H]1[C@@H](O)CC(=O)[C@@H]1/C=C/[C@@H](O)CCCCC. The lowest BCUT2D eigenvalue weighted by Crippen LogP contribution is -2.29. The summed E-state index contributed by atoms with van der Waals surface area (Å²) in [7, 11) is -4.84. The number of phosphoric ester groups is 1. The van der Waals surface area contributed by atoms with Crippen LogP contribution in [0.15, 0.2) is 85.1 Å². The first kappa shape index (κ1) is 51.8. The standard InChI is InChI=1S/C45H71O11P/c1-3-5-7-8-9-10-11-12-13-14-15-16-17-18-19-20-21-22-27-31-44(49)54-36-39(37-55-57(51,52)53)56-45(50)32-28-24-23-26-30-40-41(43(48)35-42(40)47)34-33-38(46)29-25-6-4-2/h5,7,9-10,12-13,15-16,18-19,21-22,33-34,38-42,46-47H,3-4,6,8,11,14,17,20,23-32,35-37H2,1-2H3,(H2,51,52,53)/b7-5-,10-9-,13-12-,16-15-,19-18-,22-21-,34-33+/t38-,39+,40+,41+,42-/m0/s1. The molecule has 11 nitrogen and oxygen atoms in total. The molecule has 4 N–H and O–H groups in total. The fourth-order valence-corrected chi connectivity index (χ4v) is 6.54. The van der Waals surface area contributed by atoms with E-state index in [4.69, 9.17) is 19.3 Å². The predicted octanol–water partition coefficient (Wildman–Crippen LogP) is 9.43. The highest BCUT2D eigenvalue weighted by molar-refractivity contribution is 7.46. The van der Waals surface area contributed by atoms with E-state index in [1.165, 1.54) is 0 Å². The van der Waals surface area contributed by atoms with Gasteiger partial charge < -0.3 is 29.5 Å². The van der Waals surface area contributed by atoms with Crippen molar-refractivity contribution in [2.75, 3.05) is 13.2 Å². The number of hydrogen-bond donors (Lipinski definition) is 4. The normalized spacial score (nSPS) is 19.2. The minimum atomic E-state index is -4.84. The second-order valence-electron chi connectivity index (χ2n) is 14.4. The Morgan fingerprint density at radius 2 is 1.33 bits per heavy atom. The first-order valence-electron chi connectivity index (χ1n) is 21.0. The Morgan fingerprint density at radius 1 is 0.754 bits per heavy atom. The maximum atomic E-state index is 12.5. The van der Waals surface area contributed by atoms with Gasteiger partial charge in [0.05, 0.1) is 18.8 Å². The Kier molecular flexibility index (Phi) is 30.7. The molecule has 1 fully saturated rings. The molecule has 0 bridgehead atoms. The van der Waals surface area contributed by atoms with Crippen molar-refractivity contribution in [1.29, 1.82) is 0 Å². The highest BCUT2D eigenvalue weighted by Crippen LogP contribution is 2.36. The molecule has 5 atom stereocenters. The van der Waals surface area contributed by atoms with E-state index in [1.54, 1.807) is 12.2 Å². The number of rotatable bonds is 33. The van der Waals surface area contributed by atoms with Crippen LogP contribution in [0.3, 0.4) is 0 Å². The van der Waals surface area contributed by atoms with Gasteiger partial charge in [0, 0.05) is 25.2 Å². The third-order valence-electron chi connectivity index (χ3n) is 9.32. The van der Waals surface area contributed by atoms with Gasteiger partial charge in [-0.15, -0.1) is 0 Å². The van der Waals surface area contributed by atoms with E-state index in [-0.39, 0.29) is 31.0 Å². The molecule has 12 heteroatoms. The Hall–Kier alpha value is -3.18. The van der Waals surface area contributed by atoms with Crippen molar-refractivity contribution in [1.82, 2.24) is 0 Å². The second-order valence-corrected chi connectivity index (χ2v) is 15.6. The molecule has 0 aromatic heterocycles. The molecule has 0 aromatic rings. The maximum Gasteiger partial charge on any atom is 0.469 e. The van der Waals surface area contributed by atoms with Crippen LogP contribution in [0, 0.1) is 11.8 Å². The molecule has 0 aliphatic heterocycles. The van der Waals surface area contributed by atoms with Crippen molar-refractivity contribution in [2.24, 2.45) is 11.8 Å². The van der Waals surface area contributed by atoms with Crippen LogP contribution >= 0.6 is 7.82 Å². The summed E-state index contributed by atoms with van der Waals surface area (Å²) in [5.74, 6) is -1.77. The number of ether oxygens (including phenoxy) is 2. The van der Waals surface area contributed by atoms with E-state index in [0.29, 0.717) is 32.1 Å². The molecule has 1 aliphatic rings. The van der Waals surface area contributed by atoms with Gasteiger partial charge in [-0.25, -0.2) is 4.57 Å². The molecule has 57 heavy (non-hydrogen) atoms. The minimum absolute atomic E-state index is 0.0138. The van der Waals surface area contributed by atoms with E-state index < -0.39 is 57.2 Å². The molecule has 1 rings (SSSR count). The summed E-state index contributed by atoms with van der Waals surface area (Å²) in [5.41, 5.74) is 0. The van der Waals surface area contributed by atoms with Gasteiger partial charge in [-0.2, -0.15) is 0 Å². The van der Waals surface area contributed by atoms with Crippen LogP contribution < -0.4 is 0 Å². The molecular formula is C45H71O11P. The van der Waals surface area contributed by atoms with Gasteiger partial charge >= 0.3 is 19.8 Å². The van der Waals surface area contributed by atoms with Crippen molar-refractivity contribution >= 4 is 25.5 Å². The number of allylic oxidation sites excluding steroid dienone is 13. The third kappa shape index (κ3) is 29.7. The smallest absolute Gasteiger partial charge is 0.462 e. The minimum Gasteiger partial charge on any atom is -0.462 e. The number of unbranched alkanes of at least 4 members (excludes halogenated alkanes) is 5. The Labute approximate surface area is 342 Å². The highest BCUT2D eigenvalue weighted by Gasteiger charge is 2.39. The first-order valence-corrected chi connectivity index (χ1v) is 22.5. The van der Waals surface area contributed by atoms with Gasteiger partial charge in [0.1, 0.15) is 12.4 Å². The third-order valence-corrected chi connectivity index (χ3v) is 9.80. The molecule has 0 aromatic carbocycles. The molecule has 0 spiro atoms. The number of ketones is 1. The van der Waals surface area contributed by atoms with Crippen molar-refractivity contribution < 1.29 is 52.9 Å². The van der Waals surface area contributed by atoms with Crippen molar-refractivity contribution in [3.05, 3.63) is 85.1 Å². The fourth-order valence-electron chi connectivity index (χ4n) is 6.18. The van der Waals surface area contributed by atoms with Gasteiger partial charge in [-0.1, -0.05) is 137 Å². The summed E-state index contributed by atoms with van der Waals surface area (Å²) in [6.07, 6.45) is 39.4. The molecule has 0 heterocycles. The summed E-state index contributed by atoms with van der Waals surface area (Å²) in [6.45, 7) is 3.19. The van der Waals surface area contributed by atoms with Crippen LogP contribution in [0.4, 0.5) is 0 Å². The molecule has 0 saturated heterocycles. The van der Waals surface area contributed by atoms with Gasteiger partial charge in [0.2, 0.25) is 0 Å². The topological polar surface area (TPSA) is 177 Å². The molecule has 0 amide bonds. The lowest BCUT2D eigenvalue weighted by molar-refractivity contribution is -0.161. The van der Waals surface area contributed by atoms with Crippen LogP contribution in [0.2, 0.25) is 0 Å². The molecule has 1 aliphatic carbocycles. The zero-order valence-electron chi connectivity index (χ0n) is 34.4. The van der Waals surface area contributed by atoms with E-state index in [0.717, 1.165) is 70.6 Å². The number of carbonyl (C=O) groups excluding carboxylic acids is 3. The van der Waals surface area contributed by atoms with E-state index in [2.05, 4.69) is 79.1 Å². The number of aliphatic hydroxyl groups is 2. The number of Topliss-reactive ketones (excluding diaryl/α,β-unsaturated/α-hetero) is 1. The molecule has 1 saturated carbocycles. The van der Waals surface area contributed by atoms with Crippen LogP contribution in [0.1, 0.15) is 136 Å². The number of hydrogen-bond acceptors (Lipinski definition) is 9. The summed E-state index contributed by atoms with van der Waals surface area (Å²) >= 11 is 0. The van der Waals surface area contributed by atoms with Gasteiger partial charge in [0.25, 0.3) is 0 Å². The van der Waals surface area contributed by atoms with Gasteiger partial charge in [-0.3, -0.25) is 18.9 Å². The number of esters is 2. The van der Waals surface area contributed by atoms with Crippen molar-refractivity contribution in [2.45, 2.75) is 154 Å². The summed E-state index contributed by atoms with van der Waals surface area (Å²) in [6, 6.07) is 0. The number of aliphatic hydroxyl groups excluding tert-OH is 2. The summed E-state index contributed by atoms with van der Waals surface area (Å²) in [5, 5.41) is 20.7. The second kappa shape index (κ2) is 33.8.